The summed E-state index contributed by atoms with van der Waals surface area (Å²) in [5.74, 6) is 0. The number of rotatable bonds is 11. The van der Waals surface area contributed by atoms with Gasteiger partial charge in [0.05, 0.1) is 5.52 Å². The van der Waals surface area contributed by atoms with Crippen LogP contribution in [0, 0.1) is 6.92 Å². The summed E-state index contributed by atoms with van der Waals surface area (Å²) in [5, 5.41) is 1.57. The molecule has 0 unspecified atom stereocenters. The average molecular weight is 400 g/mol. The van der Waals surface area contributed by atoms with Crippen molar-refractivity contribution in [3.8, 4) is 0 Å². The van der Waals surface area contributed by atoms with Gasteiger partial charge in [-0.1, -0.05) is 71.1 Å². The molecule has 0 aliphatic heterocycles. The van der Waals surface area contributed by atoms with Gasteiger partial charge in [-0.2, -0.15) is 0 Å². The second-order valence-corrected chi connectivity index (χ2v) is 14.6. The highest BCUT2D eigenvalue weighted by Gasteiger charge is 2.36. The number of aryl methyl sites for hydroxylation is 2. The highest BCUT2D eigenvalue weighted by molar-refractivity contribution is 6.74. The summed E-state index contributed by atoms with van der Waals surface area (Å²) in [6.45, 7) is 14.6. The number of pyridine rings is 1. The molecule has 3 heteroatoms. The van der Waals surface area contributed by atoms with Gasteiger partial charge >= 0.3 is 0 Å². The number of fused-ring (bicyclic) bond motifs is 1. The molecule has 28 heavy (non-hydrogen) atoms. The second-order valence-electron chi connectivity index (χ2n) is 9.81. The van der Waals surface area contributed by atoms with Gasteiger partial charge in [0.15, 0.2) is 8.32 Å². The first-order valence-corrected chi connectivity index (χ1v) is 14.1. The molecule has 2 nitrogen and oxygen atoms in total. The number of hydrogen-bond acceptors (Lipinski definition) is 2. The van der Waals surface area contributed by atoms with E-state index in [1.165, 1.54) is 62.3 Å². The van der Waals surface area contributed by atoms with Gasteiger partial charge in [-0.25, -0.2) is 0 Å². The molecule has 1 aromatic carbocycles. The van der Waals surface area contributed by atoms with Crippen molar-refractivity contribution in [1.82, 2.24) is 4.98 Å². The Kier molecular flexibility index (Phi) is 8.70. The predicted octanol–water partition coefficient (Wildman–Crippen LogP) is 7.84. The van der Waals surface area contributed by atoms with Crippen LogP contribution >= 0.6 is 0 Å². The lowest BCUT2D eigenvalue weighted by molar-refractivity contribution is 0.277. The van der Waals surface area contributed by atoms with E-state index >= 15 is 0 Å². The average Bonchev–Trinajstić information content (AvgIpc) is 2.62. The van der Waals surface area contributed by atoms with E-state index in [1.807, 2.05) is 0 Å². The third-order valence-corrected chi connectivity index (χ3v) is 10.8. The van der Waals surface area contributed by atoms with Crippen molar-refractivity contribution in [1.29, 1.82) is 0 Å². The normalized spacial score (nSPS) is 12.6. The van der Waals surface area contributed by atoms with Crippen LogP contribution in [-0.2, 0) is 10.8 Å². The topological polar surface area (TPSA) is 22.1 Å². The summed E-state index contributed by atoms with van der Waals surface area (Å²) in [6.07, 6.45) is 10.4. The molecule has 2 aromatic rings. The summed E-state index contributed by atoms with van der Waals surface area (Å²) < 4.78 is 6.26. The van der Waals surface area contributed by atoms with Crippen molar-refractivity contribution in [2.75, 3.05) is 6.61 Å². The monoisotopic (exact) mass is 399 g/mol. The van der Waals surface area contributed by atoms with Gasteiger partial charge in [0.25, 0.3) is 0 Å². The predicted molar refractivity (Wildman–Crippen MR) is 126 cm³/mol. The molecule has 0 aliphatic rings. The molecule has 0 N–H and O–H groups in total. The maximum atomic E-state index is 6.26. The molecular formula is C25H41NOSi. The fraction of sp³-hybridized carbons (Fsp3) is 0.640. The lowest BCUT2D eigenvalue weighted by Gasteiger charge is -2.36. The van der Waals surface area contributed by atoms with Crippen LogP contribution in [0.5, 0.6) is 0 Å². The minimum Gasteiger partial charge on any atom is -0.417 e. The summed E-state index contributed by atoms with van der Waals surface area (Å²) in [5.41, 5.74) is 3.66. The Morgan fingerprint density at radius 3 is 2.14 bits per heavy atom. The maximum absolute atomic E-state index is 6.26. The van der Waals surface area contributed by atoms with Crippen LogP contribution in [0.15, 0.2) is 30.3 Å². The van der Waals surface area contributed by atoms with Gasteiger partial charge in [0.2, 0.25) is 0 Å². The van der Waals surface area contributed by atoms with Crippen LogP contribution in [0.2, 0.25) is 18.1 Å². The Bertz CT molecular complexity index is 733. The molecule has 1 aromatic heterocycles. The largest absolute Gasteiger partial charge is 0.417 e. The van der Waals surface area contributed by atoms with E-state index in [1.54, 1.807) is 0 Å². The zero-order valence-corrected chi connectivity index (χ0v) is 20.1. The van der Waals surface area contributed by atoms with Crippen molar-refractivity contribution < 1.29 is 4.43 Å². The molecule has 0 radical (unpaired) electrons. The third-order valence-electron chi connectivity index (χ3n) is 6.27. The van der Waals surface area contributed by atoms with E-state index in [4.69, 9.17) is 4.43 Å². The van der Waals surface area contributed by atoms with E-state index in [0.717, 1.165) is 17.8 Å². The molecule has 0 aliphatic carbocycles. The minimum absolute atomic E-state index is 0.326. The molecule has 0 saturated heterocycles. The van der Waals surface area contributed by atoms with Gasteiger partial charge in [-0.3, -0.25) is 4.98 Å². The number of unbranched alkanes of at least 4 members (excludes halogenated alkanes) is 6. The Balaban J connectivity index is 1.53. The van der Waals surface area contributed by atoms with Crippen molar-refractivity contribution in [3.05, 3.63) is 41.6 Å². The molecule has 0 bridgehead atoms. The molecule has 0 fully saturated rings. The van der Waals surface area contributed by atoms with Crippen LogP contribution in [0.1, 0.15) is 77.0 Å². The molecule has 0 spiro atoms. The highest BCUT2D eigenvalue weighted by atomic mass is 28.4. The van der Waals surface area contributed by atoms with Crippen molar-refractivity contribution in [2.24, 2.45) is 0 Å². The summed E-state index contributed by atoms with van der Waals surface area (Å²) in [7, 11) is -1.55. The quantitative estimate of drug-likeness (QED) is 0.283. The minimum atomic E-state index is -1.55. The van der Waals surface area contributed by atoms with E-state index in [-0.39, 0.29) is 0 Å². The lowest BCUT2D eigenvalue weighted by Crippen LogP contribution is -2.40. The number of nitrogens with zero attached hydrogens (tertiary/aromatic N) is 1. The van der Waals surface area contributed by atoms with Gasteiger partial charge in [-0.05, 0) is 62.0 Å². The standard InChI is InChI=1S/C25H41NOSi/c1-21-15-17-23-18-16-22(20-24(23)26-21)14-12-10-8-7-9-11-13-19-27-28(5,6)25(2,3)4/h15-18,20H,7-14,19H2,1-6H3. The summed E-state index contributed by atoms with van der Waals surface area (Å²) in [4.78, 5) is 4.65. The highest BCUT2D eigenvalue weighted by Crippen LogP contribution is 2.36. The first-order chi connectivity index (χ1) is 13.2. The summed E-state index contributed by atoms with van der Waals surface area (Å²) >= 11 is 0. The number of hydrogen-bond donors (Lipinski definition) is 0. The van der Waals surface area contributed by atoms with Crippen LogP contribution in [0.4, 0.5) is 0 Å². The van der Waals surface area contributed by atoms with Crippen molar-refractivity contribution >= 4 is 19.2 Å². The zero-order chi connectivity index (χ0) is 20.6. The SMILES string of the molecule is Cc1ccc2ccc(CCCCCCCCCO[Si](C)(C)C(C)(C)C)cc2n1. The fourth-order valence-electron chi connectivity index (χ4n) is 3.28. The molecule has 0 amide bonds. The van der Waals surface area contributed by atoms with E-state index in [0.29, 0.717) is 5.04 Å². The molecular weight excluding hydrogens is 358 g/mol. The maximum Gasteiger partial charge on any atom is 0.191 e. The van der Waals surface area contributed by atoms with Gasteiger partial charge in [-0.15, -0.1) is 0 Å². The van der Waals surface area contributed by atoms with E-state index < -0.39 is 8.32 Å². The van der Waals surface area contributed by atoms with Crippen LogP contribution < -0.4 is 0 Å². The van der Waals surface area contributed by atoms with Crippen LogP contribution in [0.25, 0.3) is 10.9 Å². The fourth-order valence-corrected chi connectivity index (χ4v) is 4.37. The lowest BCUT2D eigenvalue weighted by atomic mass is 10.0. The first-order valence-electron chi connectivity index (χ1n) is 11.2. The molecule has 0 atom stereocenters. The Hall–Kier alpha value is -1.19. The molecule has 1 heterocycles. The molecule has 2 rings (SSSR count). The van der Waals surface area contributed by atoms with Gasteiger partial charge in [0.1, 0.15) is 0 Å². The van der Waals surface area contributed by atoms with Gasteiger partial charge < -0.3 is 4.43 Å². The second kappa shape index (κ2) is 10.5. The van der Waals surface area contributed by atoms with Crippen LogP contribution in [-0.4, -0.2) is 19.9 Å². The smallest absolute Gasteiger partial charge is 0.191 e. The third kappa shape index (κ3) is 7.33. The van der Waals surface area contributed by atoms with E-state index in [9.17, 15) is 0 Å². The van der Waals surface area contributed by atoms with E-state index in [2.05, 4.69) is 76.1 Å². The van der Waals surface area contributed by atoms with Crippen molar-refractivity contribution in [2.45, 2.75) is 97.2 Å². The van der Waals surface area contributed by atoms with Crippen LogP contribution in [0.3, 0.4) is 0 Å². The summed E-state index contributed by atoms with van der Waals surface area (Å²) in [6, 6.07) is 11.0. The Morgan fingerprint density at radius 2 is 1.46 bits per heavy atom. The number of aromatic nitrogens is 1. The Morgan fingerprint density at radius 1 is 0.857 bits per heavy atom. The number of benzene rings is 1. The van der Waals surface area contributed by atoms with Crippen molar-refractivity contribution in [3.63, 3.8) is 0 Å². The molecule has 0 saturated carbocycles. The first kappa shape index (κ1) is 23.1. The Labute approximate surface area is 174 Å². The van der Waals surface area contributed by atoms with Gasteiger partial charge in [0, 0.05) is 17.7 Å². The zero-order valence-electron chi connectivity index (χ0n) is 19.1. The molecule has 156 valence electrons.